The first-order valence-electron chi connectivity index (χ1n) is 2.72. The van der Waals surface area contributed by atoms with Gasteiger partial charge in [-0.15, -0.1) is 5.16 Å². The highest BCUT2D eigenvalue weighted by Gasteiger charge is 1.69. The van der Waals surface area contributed by atoms with E-state index in [2.05, 4.69) is 26.7 Å². The predicted molar refractivity (Wildman–Crippen MR) is 55.8 cm³/mol. The van der Waals surface area contributed by atoms with Crippen LogP contribution < -0.4 is 0 Å². The number of hydrogen-bond donors (Lipinski definition) is 0. The largest absolute Gasteiger partial charge is 0.400 e. The van der Waals surface area contributed by atoms with E-state index in [1.165, 1.54) is 14.2 Å². The summed E-state index contributed by atoms with van der Waals surface area (Å²) in [5.41, 5.74) is 0.942. The van der Waals surface area contributed by atoms with Gasteiger partial charge in [-0.2, -0.15) is 0 Å². The molecule has 0 aromatic heterocycles. The lowest BCUT2D eigenvalue weighted by Gasteiger charge is -1.83. The van der Waals surface area contributed by atoms with Gasteiger partial charge in [0.25, 0.3) is 0 Å². The molecule has 0 fully saturated rings. The van der Waals surface area contributed by atoms with Gasteiger partial charge < -0.3 is 9.68 Å². The van der Waals surface area contributed by atoms with Gasteiger partial charge in [0.15, 0.2) is 0 Å². The summed E-state index contributed by atoms with van der Waals surface area (Å²) < 4.78 is 0. The molecule has 0 aliphatic carbocycles. The molecule has 0 saturated heterocycles. The minimum absolute atomic E-state index is 0. The molecular formula is C8H22N2O2. The lowest BCUT2D eigenvalue weighted by molar-refractivity contribution is 0.213. The van der Waals surface area contributed by atoms with Crippen molar-refractivity contribution in [3.8, 4) is 0 Å². The number of rotatable bonds is 2. The van der Waals surface area contributed by atoms with Crippen LogP contribution in [0.1, 0.15) is 28.7 Å². The van der Waals surface area contributed by atoms with Crippen LogP contribution in [0.25, 0.3) is 0 Å². The zero-order chi connectivity index (χ0) is 8.41. The summed E-state index contributed by atoms with van der Waals surface area (Å²) in [5, 5.41) is 6.53. The molecule has 0 aliphatic rings. The van der Waals surface area contributed by atoms with Crippen molar-refractivity contribution in [1.29, 1.82) is 0 Å². The fraction of sp³-hybridized carbons (Fsp3) is 0.750. The van der Waals surface area contributed by atoms with Crippen LogP contribution in [0, 0.1) is 0 Å². The van der Waals surface area contributed by atoms with E-state index in [0.29, 0.717) is 0 Å². The first-order valence-corrected chi connectivity index (χ1v) is 2.72. The van der Waals surface area contributed by atoms with Gasteiger partial charge in [0.05, 0.1) is 5.71 Å². The van der Waals surface area contributed by atoms with E-state index in [1.54, 1.807) is 0 Å². The Morgan fingerprint density at radius 2 is 1.42 bits per heavy atom. The average Bonchev–Trinajstić information content (AvgIpc) is 1.89. The van der Waals surface area contributed by atoms with E-state index in [-0.39, 0.29) is 14.9 Å². The first kappa shape index (κ1) is 22.4. The van der Waals surface area contributed by atoms with Crippen LogP contribution in [0.3, 0.4) is 0 Å². The van der Waals surface area contributed by atoms with Gasteiger partial charge in [-0.3, -0.25) is 0 Å². The van der Waals surface area contributed by atoms with E-state index < -0.39 is 0 Å². The maximum atomic E-state index is 4.39. The fourth-order valence-electron chi connectivity index (χ4n) is 0.183. The summed E-state index contributed by atoms with van der Waals surface area (Å²) in [5.74, 6) is 0. The number of hydrogen-bond acceptors (Lipinski definition) is 4. The molecule has 0 radical (unpaired) electrons. The second-order valence-corrected chi connectivity index (χ2v) is 1.53. The molecule has 0 aromatic rings. The third kappa shape index (κ3) is 65.2. The summed E-state index contributed by atoms with van der Waals surface area (Å²) in [6.45, 7) is 6.76. The normalized spacial score (nSPS) is 5.33. The second-order valence-electron chi connectivity index (χ2n) is 1.53. The van der Waals surface area contributed by atoms with Crippen LogP contribution in [0.15, 0.2) is 10.3 Å². The van der Waals surface area contributed by atoms with Crippen LogP contribution in [0.2, 0.25) is 0 Å². The van der Waals surface area contributed by atoms with Gasteiger partial charge in [0, 0.05) is 6.72 Å². The lowest BCUT2D eigenvalue weighted by Crippen LogP contribution is -1.79. The molecule has 4 heteroatoms. The van der Waals surface area contributed by atoms with Gasteiger partial charge in [0.1, 0.15) is 14.2 Å². The predicted octanol–water partition coefficient (Wildman–Crippen LogP) is 2.55. The van der Waals surface area contributed by atoms with Crippen LogP contribution >= 0.6 is 0 Å². The zero-order valence-corrected chi connectivity index (χ0v) is 6.92. The molecule has 0 N–H and O–H groups in total. The van der Waals surface area contributed by atoms with E-state index in [1.807, 2.05) is 13.8 Å². The van der Waals surface area contributed by atoms with Crippen LogP contribution in [-0.2, 0) is 9.68 Å². The van der Waals surface area contributed by atoms with E-state index in [9.17, 15) is 0 Å². The number of oxime groups is 2. The summed E-state index contributed by atoms with van der Waals surface area (Å²) >= 11 is 0. The highest BCUT2D eigenvalue weighted by molar-refractivity contribution is 5.78. The Morgan fingerprint density at radius 3 is 1.42 bits per heavy atom. The maximum absolute atomic E-state index is 4.39. The quantitative estimate of drug-likeness (QED) is 0.481. The van der Waals surface area contributed by atoms with Crippen LogP contribution in [-0.4, -0.2) is 26.6 Å². The van der Waals surface area contributed by atoms with Crippen LogP contribution in [0.4, 0.5) is 0 Å². The van der Waals surface area contributed by atoms with Crippen molar-refractivity contribution in [2.24, 2.45) is 10.3 Å². The Hall–Kier alpha value is -1.06. The molecular weight excluding hydrogens is 156 g/mol. The highest BCUT2D eigenvalue weighted by Crippen LogP contribution is 1.71. The topological polar surface area (TPSA) is 43.2 Å². The fourth-order valence-corrected chi connectivity index (χ4v) is 0.183. The summed E-state index contributed by atoms with van der Waals surface area (Å²) in [7, 11) is 2.99. The van der Waals surface area contributed by atoms with E-state index in [4.69, 9.17) is 0 Å². The third-order valence-corrected chi connectivity index (χ3v) is 0.403. The monoisotopic (exact) mass is 178 g/mol. The first-order chi connectivity index (χ1) is 4.68. The molecule has 0 bridgehead atoms. The Kier molecular flexibility index (Phi) is 42.1. The molecule has 12 heavy (non-hydrogen) atoms. The van der Waals surface area contributed by atoms with Gasteiger partial charge in [-0.1, -0.05) is 20.0 Å². The van der Waals surface area contributed by atoms with Crippen molar-refractivity contribution in [2.75, 3.05) is 14.2 Å². The van der Waals surface area contributed by atoms with Crippen molar-refractivity contribution < 1.29 is 9.68 Å². The Balaban J connectivity index is -0.0000000483. The van der Waals surface area contributed by atoms with Gasteiger partial charge in [-0.25, -0.2) is 0 Å². The number of nitrogens with zero attached hydrogens (tertiary/aromatic N) is 2. The summed E-state index contributed by atoms with van der Waals surface area (Å²) in [6.07, 6.45) is 0. The molecule has 0 aromatic carbocycles. The van der Waals surface area contributed by atoms with Gasteiger partial charge in [-0.05, 0) is 13.8 Å². The molecule has 0 unspecified atom stereocenters. The lowest BCUT2D eigenvalue weighted by atomic mass is 10.5. The summed E-state index contributed by atoms with van der Waals surface area (Å²) in [6, 6.07) is 0. The van der Waals surface area contributed by atoms with E-state index in [0.717, 1.165) is 5.71 Å². The van der Waals surface area contributed by atoms with Crippen molar-refractivity contribution in [3.63, 3.8) is 0 Å². The minimum Gasteiger partial charge on any atom is -0.400 e. The maximum Gasteiger partial charge on any atom is 0.106 e. The van der Waals surface area contributed by atoms with Crippen molar-refractivity contribution >= 4 is 12.4 Å². The Bertz CT molecular complexity index is 99.2. The third-order valence-electron chi connectivity index (χ3n) is 0.403. The smallest absolute Gasteiger partial charge is 0.106 e. The highest BCUT2D eigenvalue weighted by atomic mass is 16.6. The molecule has 76 valence electrons. The molecule has 0 amide bonds. The van der Waals surface area contributed by atoms with Crippen molar-refractivity contribution in [2.45, 2.75) is 28.7 Å². The Morgan fingerprint density at radius 1 is 1.08 bits per heavy atom. The van der Waals surface area contributed by atoms with Gasteiger partial charge in [0.2, 0.25) is 0 Å². The zero-order valence-electron chi connectivity index (χ0n) is 6.92. The second kappa shape index (κ2) is 22.5. The molecule has 0 heterocycles. The standard InChI is InChI=1S/C4H9NO.C2H5NO.2CH4/c1-4(2)5-6-3;1-3-4-2;;/h1-3H3;1H2,2H3;2*1H4. The van der Waals surface area contributed by atoms with Gasteiger partial charge >= 0.3 is 0 Å². The minimum atomic E-state index is 0. The molecule has 4 nitrogen and oxygen atoms in total. The molecule has 0 aliphatic heterocycles. The molecule has 0 atom stereocenters. The Labute approximate surface area is 76.2 Å². The van der Waals surface area contributed by atoms with E-state index >= 15 is 0 Å². The summed E-state index contributed by atoms with van der Waals surface area (Å²) in [4.78, 5) is 8.45. The van der Waals surface area contributed by atoms with Crippen LogP contribution in [0.5, 0.6) is 0 Å². The van der Waals surface area contributed by atoms with Crippen molar-refractivity contribution in [3.05, 3.63) is 0 Å². The molecule has 0 saturated carbocycles. The average molecular weight is 178 g/mol. The molecule has 0 spiro atoms. The van der Waals surface area contributed by atoms with Crippen molar-refractivity contribution in [1.82, 2.24) is 0 Å². The molecule has 0 rings (SSSR count). The SMILES string of the molecule is C.C.C=NOC.CON=C(C)C.